The molecule has 2 amide bonds. The lowest BCUT2D eigenvalue weighted by Gasteiger charge is -2.32. The van der Waals surface area contributed by atoms with Crippen molar-refractivity contribution in [2.24, 2.45) is 11.8 Å². The van der Waals surface area contributed by atoms with Crippen LogP contribution in [0.1, 0.15) is 26.7 Å². The van der Waals surface area contributed by atoms with Gasteiger partial charge in [0.15, 0.2) is 0 Å². The van der Waals surface area contributed by atoms with Crippen LogP contribution in [-0.2, 0) is 9.59 Å². The molecule has 110 valence electrons. The summed E-state index contributed by atoms with van der Waals surface area (Å²) in [5.41, 5.74) is 0. The second-order valence-corrected chi connectivity index (χ2v) is 5.65. The molecule has 2 rings (SSSR count). The van der Waals surface area contributed by atoms with Crippen LogP contribution in [0.25, 0.3) is 0 Å². The summed E-state index contributed by atoms with van der Waals surface area (Å²) in [4.78, 5) is 25.8. The molecule has 1 atom stereocenters. The summed E-state index contributed by atoms with van der Waals surface area (Å²) in [6.45, 7) is 7.41. The number of nitrogens with one attached hydrogen (secondary N) is 2. The third-order valence-corrected chi connectivity index (χ3v) is 3.78. The van der Waals surface area contributed by atoms with E-state index in [0.717, 1.165) is 32.6 Å². The number of hydrogen-bond acceptors (Lipinski definition) is 3. The number of hydrogen-bond donors (Lipinski definition) is 2. The Hall–Kier alpha value is -0.810. The molecule has 6 heteroatoms. The Balaban J connectivity index is 0.00000180. The molecule has 1 unspecified atom stereocenters. The highest BCUT2D eigenvalue weighted by molar-refractivity contribution is 5.88. The SMILES string of the molecule is CC(C)C(C(=O)NCC1CNC1)N1CCCC1=O.Cl. The van der Waals surface area contributed by atoms with Crippen molar-refractivity contribution in [1.82, 2.24) is 15.5 Å². The van der Waals surface area contributed by atoms with Crippen LogP contribution in [0.5, 0.6) is 0 Å². The predicted molar refractivity (Wildman–Crippen MR) is 76.2 cm³/mol. The molecule has 0 spiro atoms. The Morgan fingerprint density at radius 1 is 1.47 bits per heavy atom. The van der Waals surface area contributed by atoms with Crippen molar-refractivity contribution in [3.05, 3.63) is 0 Å². The number of carbonyl (C=O) groups excluding carboxylic acids is 2. The first-order valence-electron chi connectivity index (χ1n) is 6.87. The normalized spacial score (nSPS) is 21.0. The highest BCUT2D eigenvalue weighted by Gasteiger charge is 2.35. The first-order valence-corrected chi connectivity index (χ1v) is 6.87. The third-order valence-electron chi connectivity index (χ3n) is 3.78. The van der Waals surface area contributed by atoms with Crippen LogP contribution in [-0.4, -0.2) is 48.9 Å². The molecule has 2 saturated heterocycles. The molecule has 2 aliphatic heterocycles. The van der Waals surface area contributed by atoms with Gasteiger partial charge in [-0.2, -0.15) is 0 Å². The fourth-order valence-electron chi connectivity index (χ4n) is 2.61. The fourth-order valence-corrected chi connectivity index (χ4v) is 2.61. The van der Waals surface area contributed by atoms with Crippen LogP contribution in [0.15, 0.2) is 0 Å². The Labute approximate surface area is 120 Å². The maximum Gasteiger partial charge on any atom is 0.243 e. The zero-order valence-electron chi connectivity index (χ0n) is 11.6. The van der Waals surface area contributed by atoms with Gasteiger partial charge in [-0.25, -0.2) is 0 Å². The number of rotatable bonds is 5. The van der Waals surface area contributed by atoms with E-state index in [4.69, 9.17) is 0 Å². The van der Waals surface area contributed by atoms with Gasteiger partial charge in [0, 0.05) is 38.5 Å². The second-order valence-electron chi connectivity index (χ2n) is 5.65. The molecule has 0 aromatic rings. The van der Waals surface area contributed by atoms with E-state index in [-0.39, 0.29) is 36.2 Å². The molecule has 5 nitrogen and oxygen atoms in total. The summed E-state index contributed by atoms with van der Waals surface area (Å²) in [6, 6.07) is -0.298. The first-order chi connectivity index (χ1) is 8.59. The van der Waals surface area contributed by atoms with Crippen molar-refractivity contribution in [3.8, 4) is 0 Å². The van der Waals surface area contributed by atoms with Gasteiger partial charge in [-0.15, -0.1) is 12.4 Å². The van der Waals surface area contributed by atoms with Crippen molar-refractivity contribution >= 4 is 24.2 Å². The molecule has 19 heavy (non-hydrogen) atoms. The van der Waals surface area contributed by atoms with Crippen LogP contribution < -0.4 is 10.6 Å². The Bertz CT molecular complexity index is 332. The van der Waals surface area contributed by atoms with Gasteiger partial charge in [0.1, 0.15) is 6.04 Å². The molecule has 0 aromatic carbocycles. The summed E-state index contributed by atoms with van der Waals surface area (Å²) in [7, 11) is 0. The third kappa shape index (κ3) is 3.83. The summed E-state index contributed by atoms with van der Waals surface area (Å²) in [6.07, 6.45) is 1.46. The van der Waals surface area contributed by atoms with Crippen LogP contribution in [0.3, 0.4) is 0 Å². The van der Waals surface area contributed by atoms with Crippen LogP contribution in [0.4, 0.5) is 0 Å². The number of likely N-dealkylation sites (tertiary alicyclic amines) is 1. The first kappa shape index (κ1) is 16.2. The molecular formula is C13H24ClN3O2. The minimum atomic E-state index is -0.298. The fraction of sp³-hybridized carbons (Fsp3) is 0.846. The maximum atomic E-state index is 12.2. The van der Waals surface area contributed by atoms with E-state index >= 15 is 0 Å². The maximum absolute atomic E-state index is 12.2. The van der Waals surface area contributed by atoms with Crippen LogP contribution >= 0.6 is 12.4 Å². The van der Waals surface area contributed by atoms with Crippen molar-refractivity contribution in [3.63, 3.8) is 0 Å². The summed E-state index contributed by atoms with van der Waals surface area (Å²) in [5.74, 6) is 0.837. The monoisotopic (exact) mass is 289 g/mol. The van der Waals surface area contributed by atoms with Gasteiger partial charge in [0.2, 0.25) is 11.8 Å². The lowest BCUT2D eigenvalue weighted by molar-refractivity contribution is -0.139. The molecule has 2 heterocycles. The zero-order valence-corrected chi connectivity index (χ0v) is 12.5. The lowest BCUT2D eigenvalue weighted by atomic mass is 10.00. The van der Waals surface area contributed by atoms with E-state index in [2.05, 4.69) is 10.6 Å². The molecular weight excluding hydrogens is 266 g/mol. The molecule has 2 fully saturated rings. The second kappa shape index (κ2) is 7.10. The number of carbonyl (C=O) groups is 2. The molecule has 0 aromatic heterocycles. The van der Waals surface area contributed by atoms with Gasteiger partial charge in [0.05, 0.1) is 0 Å². The van der Waals surface area contributed by atoms with E-state index < -0.39 is 0 Å². The van der Waals surface area contributed by atoms with E-state index in [0.29, 0.717) is 12.3 Å². The summed E-state index contributed by atoms with van der Waals surface area (Å²) < 4.78 is 0. The Morgan fingerprint density at radius 3 is 2.58 bits per heavy atom. The predicted octanol–water partition coefficient (Wildman–Crippen LogP) is 0.391. The van der Waals surface area contributed by atoms with E-state index in [1.165, 1.54) is 0 Å². The summed E-state index contributed by atoms with van der Waals surface area (Å²) >= 11 is 0. The molecule has 0 radical (unpaired) electrons. The van der Waals surface area contributed by atoms with Crippen molar-refractivity contribution < 1.29 is 9.59 Å². The average Bonchev–Trinajstić information content (AvgIpc) is 2.62. The minimum absolute atomic E-state index is 0. The van der Waals surface area contributed by atoms with Gasteiger partial charge in [-0.05, 0) is 12.3 Å². The van der Waals surface area contributed by atoms with Crippen molar-refractivity contribution in [2.75, 3.05) is 26.2 Å². The highest BCUT2D eigenvalue weighted by atomic mass is 35.5. The minimum Gasteiger partial charge on any atom is -0.354 e. The molecule has 2 N–H and O–H groups in total. The van der Waals surface area contributed by atoms with Gasteiger partial charge in [-0.1, -0.05) is 13.8 Å². The number of halogens is 1. The van der Waals surface area contributed by atoms with E-state index in [1.54, 1.807) is 4.90 Å². The van der Waals surface area contributed by atoms with Gasteiger partial charge in [-0.3, -0.25) is 9.59 Å². The smallest absolute Gasteiger partial charge is 0.243 e. The molecule has 0 saturated carbocycles. The number of nitrogens with zero attached hydrogens (tertiary/aromatic N) is 1. The van der Waals surface area contributed by atoms with Crippen LogP contribution in [0.2, 0.25) is 0 Å². The lowest BCUT2D eigenvalue weighted by Crippen LogP contribution is -2.54. The Kier molecular flexibility index (Phi) is 6.07. The van der Waals surface area contributed by atoms with Crippen LogP contribution in [0, 0.1) is 11.8 Å². The van der Waals surface area contributed by atoms with Gasteiger partial charge >= 0.3 is 0 Å². The quantitative estimate of drug-likeness (QED) is 0.770. The number of amides is 2. The zero-order chi connectivity index (χ0) is 13.1. The molecule has 0 bridgehead atoms. The van der Waals surface area contributed by atoms with Crippen molar-refractivity contribution in [1.29, 1.82) is 0 Å². The standard InChI is InChI=1S/C13H23N3O2.ClH/c1-9(2)12(16-5-3-4-11(16)17)13(18)15-8-10-6-14-7-10;/h9-10,12,14H,3-8H2,1-2H3,(H,15,18);1H. The summed E-state index contributed by atoms with van der Waals surface area (Å²) in [5, 5.41) is 6.17. The van der Waals surface area contributed by atoms with E-state index in [9.17, 15) is 9.59 Å². The highest BCUT2D eigenvalue weighted by Crippen LogP contribution is 2.19. The topological polar surface area (TPSA) is 61.4 Å². The average molecular weight is 290 g/mol. The van der Waals surface area contributed by atoms with Crippen molar-refractivity contribution in [2.45, 2.75) is 32.7 Å². The van der Waals surface area contributed by atoms with Gasteiger partial charge in [0.25, 0.3) is 0 Å². The molecule has 2 aliphatic rings. The Morgan fingerprint density at radius 2 is 2.16 bits per heavy atom. The van der Waals surface area contributed by atoms with Gasteiger partial charge < -0.3 is 15.5 Å². The molecule has 0 aliphatic carbocycles. The largest absolute Gasteiger partial charge is 0.354 e. The van der Waals surface area contributed by atoms with E-state index in [1.807, 2.05) is 13.8 Å².